The Labute approximate surface area is 107 Å². The van der Waals surface area contributed by atoms with Crippen LogP contribution in [0.4, 0.5) is 0 Å². The minimum atomic E-state index is -0.623. The van der Waals surface area contributed by atoms with Crippen molar-refractivity contribution in [2.45, 2.75) is 31.8 Å². The smallest absolute Gasteiger partial charge is 0.0725 e. The van der Waals surface area contributed by atoms with Gasteiger partial charge in [0.05, 0.1) is 5.60 Å². The number of benzene rings is 1. The van der Waals surface area contributed by atoms with Crippen LogP contribution in [0.3, 0.4) is 0 Å². The van der Waals surface area contributed by atoms with Gasteiger partial charge in [0.25, 0.3) is 0 Å². The lowest BCUT2D eigenvalue weighted by Crippen LogP contribution is -2.33. The molecule has 1 aromatic carbocycles. The van der Waals surface area contributed by atoms with Crippen molar-refractivity contribution in [2.24, 2.45) is 0 Å². The molecule has 17 heavy (non-hydrogen) atoms. The van der Waals surface area contributed by atoms with E-state index in [9.17, 15) is 5.11 Å². The fourth-order valence-corrected chi connectivity index (χ4v) is 2.73. The molecule has 2 aromatic rings. The van der Waals surface area contributed by atoms with E-state index in [0.717, 1.165) is 19.3 Å². The number of rotatable bonds is 5. The predicted octanol–water partition coefficient (Wildman–Crippen LogP) is 3.67. The Morgan fingerprint density at radius 2 is 1.76 bits per heavy atom. The van der Waals surface area contributed by atoms with Gasteiger partial charge in [-0.25, -0.2) is 0 Å². The molecule has 90 valence electrons. The van der Waals surface area contributed by atoms with Gasteiger partial charge in [-0.2, -0.15) is 11.3 Å². The Bertz CT molecular complexity index is 435. The number of hydrogen-bond donors (Lipinski definition) is 1. The van der Waals surface area contributed by atoms with Gasteiger partial charge in [-0.1, -0.05) is 37.3 Å². The largest absolute Gasteiger partial charge is 0.389 e. The Hall–Kier alpha value is -1.12. The van der Waals surface area contributed by atoms with E-state index in [1.54, 1.807) is 11.3 Å². The van der Waals surface area contributed by atoms with Crippen LogP contribution in [0, 0.1) is 0 Å². The quantitative estimate of drug-likeness (QED) is 0.853. The first kappa shape index (κ1) is 12.3. The summed E-state index contributed by atoms with van der Waals surface area (Å²) in [7, 11) is 0. The van der Waals surface area contributed by atoms with E-state index >= 15 is 0 Å². The highest BCUT2D eigenvalue weighted by atomic mass is 32.1. The van der Waals surface area contributed by atoms with Crippen LogP contribution in [-0.4, -0.2) is 10.7 Å². The first-order chi connectivity index (χ1) is 8.22. The zero-order chi connectivity index (χ0) is 12.1. The van der Waals surface area contributed by atoms with Gasteiger partial charge in [-0.15, -0.1) is 0 Å². The topological polar surface area (TPSA) is 20.2 Å². The summed E-state index contributed by atoms with van der Waals surface area (Å²) in [6.45, 7) is 2.05. The molecule has 0 radical (unpaired) electrons. The van der Waals surface area contributed by atoms with Crippen molar-refractivity contribution in [1.82, 2.24) is 0 Å². The minimum Gasteiger partial charge on any atom is -0.389 e. The molecular formula is C15H18OS. The van der Waals surface area contributed by atoms with Crippen LogP contribution in [0.1, 0.15) is 24.5 Å². The van der Waals surface area contributed by atoms with Crippen LogP contribution < -0.4 is 0 Å². The first-order valence-electron chi connectivity index (χ1n) is 5.99. The molecule has 0 aliphatic heterocycles. The first-order valence-corrected chi connectivity index (χ1v) is 6.93. The van der Waals surface area contributed by atoms with Crippen molar-refractivity contribution in [1.29, 1.82) is 0 Å². The summed E-state index contributed by atoms with van der Waals surface area (Å²) in [6, 6.07) is 12.3. The predicted molar refractivity (Wildman–Crippen MR) is 73.4 cm³/mol. The van der Waals surface area contributed by atoms with E-state index in [4.69, 9.17) is 0 Å². The van der Waals surface area contributed by atoms with Crippen molar-refractivity contribution in [3.63, 3.8) is 0 Å². The summed E-state index contributed by atoms with van der Waals surface area (Å²) in [5.41, 5.74) is 1.81. The van der Waals surface area contributed by atoms with Crippen LogP contribution in [0.2, 0.25) is 0 Å². The second kappa shape index (κ2) is 5.48. The van der Waals surface area contributed by atoms with E-state index in [-0.39, 0.29) is 0 Å². The fourth-order valence-electron chi connectivity index (χ4n) is 2.06. The van der Waals surface area contributed by atoms with E-state index in [0.29, 0.717) is 0 Å². The molecule has 0 aliphatic rings. The summed E-state index contributed by atoms with van der Waals surface area (Å²) in [5.74, 6) is 0. The number of aliphatic hydroxyl groups is 1. The SMILES string of the molecule is CCC(O)(Cc1ccccc1)Cc1ccsc1. The van der Waals surface area contributed by atoms with Crippen LogP contribution in [0.5, 0.6) is 0 Å². The molecule has 2 heteroatoms. The third-order valence-corrected chi connectivity index (χ3v) is 3.88. The molecule has 0 aliphatic carbocycles. The Kier molecular flexibility index (Phi) is 3.97. The average Bonchev–Trinajstić information content (AvgIpc) is 2.83. The molecule has 1 heterocycles. The van der Waals surface area contributed by atoms with Crippen molar-refractivity contribution >= 4 is 11.3 Å². The summed E-state index contributed by atoms with van der Waals surface area (Å²) >= 11 is 1.69. The number of hydrogen-bond acceptors (Lipinski definition) is 2. The van der Waals surface area contributed by atoms with Crippen LogP contribution in [0.15, 0.2) is 47.2 Å². The van der Waals surface area contributed by atoms with E-state index < -0.39 is 5.60 Å². The van der Waals surface area contributed by atoms with Crippen molar-refractivity contribution < 1.29 is 5.11 Å². The fraction of sp³-hybridized carbons (Fsp3) is 0.333. The van der Waals surface area contributed by atoms with Gasteiger partial charge in [0.2, 0.25) is 0 Å². The molecule has 2 rings (SSSR count). The molecule has 0 fully saturated rings. The van der Waals surface area contributed by atoms with E-state index in [2.05, 4.69) is 35.9 Å². The molecule has 0 saturated carbocycles. The molecule has 1 unspecified atom stereocenters. The van der Waals surface area contributed by atoms with Gasteiger partial charge in [-0.3, -0.25) is 0 Å². The highest BCUT2D eigenvalue weighted by Crippen LogP contribution is 2.23. The molecule has 0 saturated heterocycles. The zero-order valence-corrected chi connectivity index (χ0v) is 10.9. The molecule has 0 amide bonds. The molecule has 1 aromatic heterocycles. The van der Waals surface area contributed by atoms with Crippen molar-refractivity contribution in [3.8, 4) is 0 Å². The van der Waals surface area contributed by atoms with Gasteiger partial charge in [0, 0.05) is 12.8 Å². The van der Waals surface area contributed by atoms with Gasteiger partial charge in [-0.05, 0) is 34.4 Å². The Morgan fingerprint density at radius 1 is 1.06 bits per heavy atom. The molecule has 0 bridgehead atoms. The van der Waals surface area contributed by atoms with E-state index in [1.807, 2.05) is 18.2 Å². The zero-order valence-electron chi connectivity index (χ0n) is 10.1. The lowest BCUT2D eigenvalue weighted by Gasteiger charge is -2.26. The van der Waals surface area contributed by atoms with Gasteiger partial charge >= 0.3 is 0 Å². The molecular weight excluding hydrogens is 228 g/mol. The van der Waals surface area contributed by atoms with Gasteiger partial charge < -0.3 is 5.11 Å². The summed E-state index contributed by atoms with van der Waals surface area (Å²) in [5, 5.41) is 14.8. The maximum atomic E-state index is 10.6. The maximum Gasteiger partial charge on any atom is 0.0725 e. The van der Waals surface area contributed by atoms with Crippen LogP contribution >= 0.6 is 11.3 Å². The van der Waals surface area contributed by atoms with Crippen LogP contribution in [-0.2, 0) is 12.8 Å². The third kappa shape index (κ3) is 3.42. The summed E-state index contributed by atoms with van der Waals surface area (Å²) < 4.78 is 0. The van der Waals surface area contributed by atoms with Crippen LogP contribution in [0.25, 0.3) is 0 Å². The standard InChI is InChI=1S/C15H18OS/c1-2-15(16,11-14-8-9-17-12-14)10-13-6-4-3-5-7-13/h3-9,12,16H,2,10-11H2,1H3. The van der Waals surface area contributed by atoms with Crippen molar-refractivity contribution in [2.75, 3.05) is 0 Å². The maximum absolute atomic E-state index is 10.6. The Morgan fingerprint density at radius 3 is 2.35 bits per heavy atom. The minimum absolute atomic E-state index is 0.623. The van der Waals surface area contributed by atoms with Gasteiger partial charge in [0.15, 0.2) is 0 Å². The third-order valence-electron chi connectivity index (χ3n) is 3.15. The average molecular weight is 246 g/mol. The lowest BCUT2D eigenvalue weighted by molar-refractivity contribution is 0.0369. The Balaban J connectivity index is 2.09. The van der Waals surface area contributed by atoms with E-state index in [1.165, 1.54) is 11.1 Å². The molecule has 1 atom stereocenters. The summed E-state index contributed by atoms with van der Waals surface area (Å²) in [4.78, 5) is 0. The summed E-state index contributed by atoms with van der Waals surface area (Å²) in [6.07, 6.45) is 2.24. The monoisotopic (exact) mass is 246 g/mol. The highest BCUT2D eigenvalue weighted by molar-refractivity contribution is 7.07. The lowest BCUT2D eigenvalue weighted by atomic mass is 9.87. The van der Waals surface area contributed by atoms with Crippen molar-refractivity contribution in [3.05, 3.63) is 58.3 Å². The van der Waals surface area contributed by atoms with Gasteiger partial charge in [0.1, 0.15) is 0 Å². The second-order valence-corrected chi connectivity index (χ2v) is 5.33. The second-order valence-electron chi connectivity index (χ2n) is 4.55. The molecule has 1 nitrogen and oxygen atoms in total. The molecule has 0 spiro atoms. The highest BCUT2D eigenvalue weighted by Gasteiger charge is 2.25. The molecule has 1 N–H and O–H groups in total. The normalized spacial score (nSPS) is 14.5. The number of thiophene rings is 1.